The molecule has 3 amide bonds. The number of ether oxygens (including phenoxy) is 1. The SMILES string of the molecule is CCOC(=O)N1CCN(C2CC(=O)N(c3c(C)cccc3C)C2=O)CC1. The van der Waals surface area contributed by atoms with Gasteiger partial charge in [0.15, 0.2) is 0 Å². The van der Waals surface area contributed by atoms with Gasteiger partial charge in [-0.25, -0.2) is 9.69 Å². The van der Waals surface area contributed by atoms with E-state index in [9.17, 15) is 14.4 Å². The van der Waals surface area contributed by atoms with E-state index >= 15 is 0 Å². The van der Waals surface area contributed by atoms with Gasteiger partial charge in [-0.15, -0.1) is 0 Å². The van der Waals surface area contributed by atoms with Crippen LogP contribution in [0.2, 0.25) is 0 Å². The maximum Gasteiger partial charge on any atom is 0.409 e. The standard InChI is InChI=1S/C19H25N3O4/c1-4-26-19(25)21-10-8-20(9-11-21)15-12-16(23)22(18(15)24)17-13(2)6-5-7-14(17)3/h5-7,15H,4,8-12H2,1-3H3. The van der Waals surface area contributed by atoms with E-state index in [1.807, 2.05) is 36.9 Å². The molecule has 1 aromatic rings. The molecule has 0 saturated carbocycles. The minimum absolute atomic E-state index is 0.162. The number of anilines is 1. The van der Waals surface area contributed by atoms with Crippen molar-refractivity contribution in [3.05, 3.63) is 29.3 Å². The highest BCUT2D eigenvalue weighted by Crippen LogP contribution is 2.31. The average Bonchev–Trinajstić information content (AvgIpc) is 2.90. The van der Waals surface area contributed by atoms with Crippen LogP contribution in [0.15, 0.2) is 18.2 Å². The van der Waals surface area contributed by atoms with Crippen LogP contribution in [-0.4, -0.2) is 66.5 Å². The van der Waals surface area contributed by atoms with Gasteiger partial charge in [0.05, 0.1) is 24.8 Å². The summed E-state index contributed by atoms with van der Waals surface area (Å²) in [5.41, 5.74) is 2.54. The number of para-hydroxylation sites is 1. The molecule has 2 heterocycles. The minimum Gasteiger partial charge on any atom is -0.450 e. The molecule has 7 nitrogen and oxygen atoms in total. The lowest BCUT2D eigenvalue weighted by molar-refractivity contribution is -0.123. The van der Waals surface area contributed by atoms with E-state index in [2.05, 4.69) is 0 Å². The van der Waals surface area contributed by atoms with Crippen molar-refractivity contribution in [2.24, 2.45) is 0 Å². The molecule has 0 bridgehead atoms. The van der Waals surface area contributed by atoms with Gasteiger partial charge in [-0.1, -0.05) is 18.2 Å². The highest BCUT2D eigenvalue weighted by molar-refractivity contribution is 6.23. The van der Waals surface area contributed by atoms with Crippen molar-refractivity contribution in [2.45, 2.75) is 33.2 Å². The summed E-state index contributed by atoms with van der Waals surface area (Å²) in [5.74, 6) is -0.331. The molecule has 0 spiro atoms. The quantitative estimate of drug-likeness (QED) is 0.769. The van der Waals surface area contributed by atoms with Crippen molar-refractivity contribution in [3.63, 3.8) is 0 Å². The second kappa shape index (κ2) is 7.45. The Kier molecular flexibility index (Phi) is 5.27. The molecule has 2 aliphatic heterocycles. The zero-order chi connectivity index (χ0) is 18.8. The van der Waals surface area contributed by atoms with Gasteiger partial charge in [0.1, 0.15) is 0 Å². The summed E-state index contributed by atoms with van der Waals surface area (Å²) in [4.78, 5) is 42.4. The smallest absolute Gasteiger partial charge is 0.409 e. The number of benzene rings is 1. The summed E-state index contributed by atoms with van der Waals surface area (Å²) in [7, 11) is 0. The van der Waals surface area contributed by atoms with Crippen molar-refractivity contribution in [1.82, 2.24) is 9.80 Å². The van der Waals surface area contributed by atoms with Crippen molar-refractivity contribution in [2.75, 3.05) is 37.7 Å². The fourth-order valence-corrected chi connectivity index (χ4v) is 3.73. The summed E-state index contributed by atoms with van der Waals surface area (Å²) in [6.45, 7) is 8.06. The van der Waals surface area contributed by atoms with Crippen molar-refractivity contribution >= 4 is 23.6 Å². The number of amides is 3. The zero-order valence-corrected chi connectivity index (χ0v) is 15.5. The summed E-state index contributed by atoms with van der Waals surface area (Å²) < 4.78 is 5.02. The average molecular weight is 359 g/mol. The number of piperazine rings is 1. The van der Waals surface area contributed by atoms with E-state index < -0.39 is 6.04 Å². The highest BCUT2D eigenvalue weighted by Gasteiger charge is 2.44. The Balaban J connectivity index is 1.71. The fraction of sp³-hybridized carbons (Fsp3) is 0.526. The van der Waals surface area contributed by atoms with Gasteiger partial charge in [0.2, 0.25) is 5.91 Å². The molecule has 0 aromatic heterocycles. The van der Waals surface area contributed by atoms with Crippen LogP contribution in [0.3, 0.4) is 0 Å². The first-order valence-corrected chi connectivity index (χ1v) is 9.02. The first-order valence-electron chi connectivity index (χ1n) is 9.02. The normalized spacial score (nSPS) is 21.4. The first-order chi connectivity index (χ1) is 12.4. The molecule has 1 aromatic carbocycles. The van der Waals surface area contributed by atoms with E-state index in [4.69, 9.17) is 4.74 Å². The monoisotopic (exact) mass is 359 g/mol. The van der Waals surface area contributed by atoms with Gasteiger partial charge >= 0.3 is 6.09 Å². The predicted molar refractivity (Wildman–Crippen MR) is 97.0 cm³/mol. The molecule has 140 valence electrons. The Labute approximate surface area is 153 Å². The lowest BCUT2D eigenvalue weighted by Crippen LogP contribution is -2.54. The Morgan fingerprint density at radius 1 is 1.12 bits per heavy atom. The number of carbonyl (C=O) groups is 3. The number of hydrogen-bond donors (Lipinski definition) is 0. The van der Waals surface area contributed by atoms with Crippen molar-refractivity contribution < 1.29 is 19.1 Å². The van der Waals surface area contributed by atoms with Gasteiger partial charge in [-0.05, 0) is 31.9 Å². The molecule has 2 fully saturated rings. The molecule has 1 atom stereocenters. The maximum absolute atomic E-state index is 13.0. The summed E-state index contributed by atoms with van der Waals surface area (Å²) >= 11 is 0. The molecule has 7 heteroatoms. The van der Waals surface area contributed by atoms with Crippen LogP contribution in [0.25, 0.3) is 0 Å². The molecule has 3 rings (SSSR count). The molecule has 2 aliphatic rings. The molecule has 26 heavy (non-hydrogen) atoms. The Bertz CT molecular complexity index is 705. The predicted octanol–water partition coefficient (Wildman–Crippen LogP) is 1.71. The van der Waals surface area contributed by atoms with Gasteiger partial charge in [0, 0.05) is 26.2 Å². The maximum atomic E-state index is 13.0. The van der Waals surface area contributed by atoms with Crippen LogP contribution in [0.1, 0.15) is 24.5 Å². The van der Waals surface area contributed by atoms with Crippen LogP contribution in [-0.2, 0) is 14.3 Å². The Hall–Kier alpha value is -2.41. The van der Waals surface area contributed by atoms with Gasteiger partial charge in [0.25, 0.3) is 5.91 Å². The number of aryl methyl sites for hydroxylation is 2. The Morgan fingerprint density at radius 2 is 1.73 bits per heavy atom. The van der Waals surface area contributed by atoms with Crippen LogP contribution < -0.4 is 4.90 Å². The number of nitrogens with zero attached hydrogens (tertiary/aromatic N) is 3. The van der Waals surface area contributed by atoms with Crippen molar-refractivity contribution in [1.29, 1.82) is 0 Å². The molecule has 0 radical (unpaired) electrons. The number of carbonyl (C=O) groups excluding carboxylic acids is 3. The van der Waals surface area contributed by atoms with Crippen LogP contribution >= 0.6 is 0 Å². The third kappa shape index (κ3) is 3.31. The summed E-state index contributed by atoms with van der Waals surface area (Å²) in [5, 5.41) is 0. The third-order valence-corrected chi connectivity index (χ3v) is 5.07. The number of hydrogen-bond acceptors (Lipinski definition) is 5. The van der Waals surface area contributed by atoms with E-state index in [1.165, 1.54) is 4.90 Å². The second-order valence-corrected chi connectivity index (χ2v) is 6.75. The largest absolute Gasteiger partial charge is 0.450 e. The highest BCUT2D eigenvalue weighted by atomic mass is 16.6. The fourth-order valence-electron chi connectivity index (χ4n) is 3.73. The second-order valence-electron chi connectivity index (χ2n) is 6.75. The van der Waals surface area contributed by atoms with E-state index in [-0.39, 0.29) is 24.3 Å². The Morgan fingerprint density at radius 3 is 2.31 bits per heavy atom. The molecular formula is C19H25N3O4. The molecule has 0 N–H and O–H groups in total. The van der Waals surface area contributed by atoms with Gasteiger partial charge in [-0.2, -0.15) is 0 Å². The molecular weight excluding hydrogens is 334 g/mol. The van der Waals surface area contributed by atoms with E-state index in [0.29, 0.717) is 38.5 Å². The zero-order valence-electron chi connectivity index (χ0n) is 15.5. The topological polar surface area (TPSA) is 70.2 Å². The van der Waals surface area contributed by atoms with E-state index in [1.54, 1.807) is 11.8 Å². The van der Waals surface area contributed by atoms with Crippen LogP contribution in [0, 0.1) is 13.8 Å². The van der Waals surface area contributed by atoms with Crippen LogP contribution in [0.5, 0.6) is 0 Å². The lowest BCUT2D eigenvalue weighted by atomic mass is 10.1. The number of rotatable bonds is 3. The summed E-state index contributed by atoms with van der Waals surface area (Å²) in [6.07, 6.45) is -0.135. The molecule has 1 unspecified atom stereocenters. The van der Waals surface area contributed by atoms with Crippen molar-refractivity contribution in [3.8, 4) is 0 Å². The minimum atomic E-state index is -0.453. The molecule has 0 aliphatic carbocycles. The summed E-state index contributed by atoms with van der Waals surface area (Å²) in [6, 6.07) is 5.29. The molecule has 2 saturated heterocycles. The first kappa shape index (κ1) is 18.4. The van der Waals surface area contributed by atoms with Gasteiger partial charge < -0.3 is 9.64 Å². The van der Waals surface area contributed by atoms with Crippen LogP contribution in [0.4, 0.5) is 10.5 Å². The van der Waals surface area contributed by atoms with Gasteiger partial charge in [-0.3, -0.25) is 14.5 Å². The third-order valence-electron chi connectivity index (χ3n) is 5.07. The number of imide groups is 1. The van der Waals surface area contributed by atoms with E-state index in [0.717, 1.165) is 11.1 Å². The lowest BCUT2D eigenvalue weighted by Gasteiger charge is -2.36.